The van der Waals surface area contributed by atoms with Gasteiger partial charge in [-0.05, 0) is 62.6 Å². The molecule has 2 aromatic rings. The molecule has 0 saturated carbocycles. The van der Waals surface area contributed by atoms with Crippen LogP contribution in [-0.2, 0) is 14.8 Å². The van der Waals surface area contributed by atoms with Crippen LogP contribution in [0, 0.1) is 13.8 Å². The molecule has 0 radical (unpaired) electrons. The van der Waals surface area contributed by atoms with Gasteiger partial charge in [0.05, 0.1) is 18.0 Å². The fraction of sp³-hybridized carbons (Fsp3) is 0.409. The number of carbonyl (C=O) groups is 1. The molecule has 0 saturated heterocycles. The second-order valence-electron chi connectivity index (χ2n) is 7.33. The van der Waals surface area contributed by atoms with E-state index in [1.807, 2.05) is 39.8 Å². The van der Waals surface area contributed by atoms with Crippen LogP contribution < -0.4 is 14.4 Å². The lowest BCUT2D eigenvalue weighted by molar-refractivity contribution is -0.128. The fourth-order valence-corrected chi connectivity index (χ4v) is 3.61. The maximum atomic E-state index is 12.7. The minimum Gasteiger partial charge on any atom is -0.481 e. The van der Waals surface area contributed by atoms with Gasteiger partial charge in [0, 0.05) is 7.05 Å². The molecule has 0 aliphatic carbocycles. The number of hydrogen-bond donors (Lipinski definition) is 1. The van der Waals surface area contributed by atoms with Crippen molar-refractivity contribution < 1.29 is 17.9 Å². The van der Waals surface area contributed by atoms with Crippen LogP contribution >= 0.6 is 0 Å². The van der Waals surface area contributed by atoms with Gasteiger partial charge in [0.1, 0.15) is 5.75 Å². The van der Waals surface area contributed by atoms with Crippen LogP contribution in [0.15, 0.2) is 42.5 Å². The Labute approximate surface area is 173 Å². The third kappa shape index (κ3) is 5.97. The third-order valence-electron chi connectivity index (χ3n) is 4.89. The molecule has 2 rings (SSSR count). The van der Waals surface area contributed by atoms with E-state index in [1.165, 1.54) is 16.9 Å². The molecule has 158 valence electrons. The molecule has 29 heavy (non-hydrogen) atoms. The summed E-state index contributed by atoms with van der Waals surface area (Å²) in [6, 6.07) is 12.7. The number of benzene rings is 2. The van der Waals surface area contributed by atoms with Gasteiger partial charge >= 0.3 is 0 Å². The first kappa shape index (κ1) is 22.7. The number of nitrogens with zero attached hydrogens (tertiary/aromatic N) is 1. The number of hydrogen-bond acceptors (Lipinski definition) is 4. The lowest BCUT2D eigenvalue weighted by Crippen LogP contribution is -2.39. The van der Waals surface area contributed by atoms with Crippen molar-refractivity contribution in [3.8, 4) is 5.75 Å². The molecule has 0 unspecified atom stereocenters. The summed E-state index contributed by atoms with van der Waals surface area (Å²) in [5, 5.41) is 3.03. The average Bonchev–Trinajstić information content (AvgIpc) is 2.65. The number of sulfonamides is 1. The molecule has 6 nitrogen and oxygen atoms in total. The van der Waals surface area contributed by atoms with E-state index < -0.39 is 16.1 Å². The van der Waals surface area contributed by atoms with Crippen molar-refractivity contribution in [3.05, 3.63) is 59.2 Å². The van der Waals surface area contributed by atoms with Gasteiger partial charge < -0.3 is 10.1 Å². The molecule has 0 spiro atoms. The molecule has 7 heteroatoms. The predicted molar refractivity (Wildman–Crippen MR) is 117 cm³/mol. The molecule has 2 aromatic carbocycles. The van der Waals surface area contributed by atoms with Crippen LogP contribution in [0.4, 0.5) is 5.69 Å². The minimum absolute atomic E-state index is 0.133. The summed E-state index contributed by atoms with van der Waals surface area (Å²) in [7, 11) is -1.84. The first-order chi connectivity index (χ1) is 13.5. The SMILES string of the molecule is CC[C@@H](Oc1ccc(N(C)S(C)(=O)=O)cc1)C(=O)N[C@H](C)c1ccc(C)cc1C. The standard InChI is InChI=1S/C22H30N2O4S/c1-7-21(22(25)23-17(4)20-13-8-15(2)14-16(20)3)28-19-11-9-18(10-12-19)24(5)29(6,26)27/h8-14,17,21H,7H2,1-6H3,(H,23,25)/t17-,21-/m1/s1. The Kier molecular flexibility index (Phi) is 7.30. The Bertz CT molecular complexity index is 955. The van der Waals surface area contributed by atoms with Crippen molar-refractivity contribution in [1.29, 1.82) is 0 Å². The minimum atomic E-state index is -3.33. The largest absolute Gasteiger partial charge is 0.481 e. The highest BCUT2D eigenvalue weighted by Gasteiger charge is 2.21. The summed E-state index contributed by atoms with van der Waals surface area (Å²) in [4.78, 5) is 12.7. The molecular weight excluding hydrogens is 388 g/mol. The smallest absolute Gasteiger partial charge is 0.261 e. The second kappa shape index (κ2) is 9.31. The number of nitrogens with one attached hydrogen (secondary N) is 1. The van der Waals surface area contributed by atoms with E-state index in [0.717, 1.165) is 17.4 Å². The van der Waals surface area contributed by atoms with Crippen molar-refractivity contribution in [2.45, 2.75) is 46.3 Å². The van der Waals surface area contributed by atoms with Crippen LogP contribution in [0.2, 0.25) is 0 Å². The monoisotopic (exact) mass is 418 g/mol. The van der Waals surface area contributed by atoms with Crippen LogP contribution in [0.25, 0.3) is 0 Å². The Morgan fingerprint density at radius 1 is 1.14 bits per heavy atom. The summed E-state index contributed by atoms with van der Waals surface area (Å²) in [6.07, 6.45) is 1.02. The van der Waals surface area contributed by atoms with E-state index in [0.29, 0.717) is 17.9 Å². The summed E-state index contributed by atoms with van der Waals surface area (Å²) in [5.74, 6) is 0.328. The Morgan fingerprint density at radius 2 is 1.76 bits per heavy atom. The Hall–Kier alpha value is -2.54. The van der Waals surface area contributed by atoms with Crippen molar-refractivity contribution >= 4 is 21.6 Å². The summed E-state index contributed by atoms with van der Waals surface area (Å²) < 4.78 is 30.3. The molecule has 0 fully saturated rings. The van der Waals surface area contributed by atoms with E-state index in [1.54, 1.807) is 24.3 Å². The van der Waals surface area contributed by atoms with Gasteiger partial charge in [-0.15, -0.1) is 0 Å². The van der Waals surface area contributed by atoms with Crippen LogP contribution in [0.5, 0.6) is 5.75 Å². The molecule has 0 bridgehead atoms. The molecular formula is C22H30N2O4S. The molecule has 0 aliphatic rings. The lowest BCUT2D eigenvalue weighted by Gasteiger charge is -2.22. The van der Waals surface area contributed by atoms with Gasteiger partial charge in [-0.2, -0.15) is 0 Å². The zero-order valence-electron chi connectivity index (χ0n) is 17.9. The average molecular weight is 419 g/mol. The number of rotatable bonds is 8. The predicted octanol–water partition coefficient (Wildman–Crippen LogP) is 3.73. The third-order valence-corrected chi connectivity index (χ3v) is 6.10. The maximum Gasteiger partial charge on any atom is 0.261 e. The second-order valence-corrected chi connectivity index (χ2v) is 9.34. The molecule has 0 heterocycles. The quantitative estimate of drug-likeness (QED) is 0.709. The number of aryl methyl sites for hydroxylation is 2. The normalized spacial score (nSPS) is 13.4. The van der Waals surface area contributed by atoms with Crippen molar-refractivity contribution in [2.75, 3.05) is 17.6 Å². The number of carbonyl (C=O) groups excluding carboxylic acids is 1. The summed E-state index contributed by atoms with van der Waals surface area (Å²) >= 11 is 0. The first-order valence-electron chi connectivity index (χ1n) is 9.61. The van der Waals surface area contributed by atoms with Crippen LogP contribution in [-0.4, -0.2) is 33.7 Å². The fourth-order valence-electron chi connectivity index (χ4n) is 3.11. The lowest BCUT2D eigenvalue weighted by atomic mass is 10.00. The van der Waals surface area contributed by atoms with Crippen molar-refractivity contribution in [2.24, 2.45) is 0 Å². The van der Waals surface area contributed by atoms with Gasteiger partial charge in [-0.1, -0.05) is 30.7 Å². The molecule has 0 aromatic heterocycles. The maximum absolute atomic E-state index is 12.7. The topological polar surface area (TPSA) is 75.7 Å². The van der Waals surface area contributed by atoms with E-state index in [2.05, 4.69) is 11.4 Å². The Morgan fingerprint density at radius 3 is 2.28 bits per heavy atom. The zero-order chi connectivity index (χ0) is 21.8. The highest BCUT2D eigenvalue weighted by molar-refractivity contribution is 7.92. The summed E-state index contributed by atoms with van der Waals surface area (Å²) in [6.45, 7) is 7.92. The highest BCUT2D eigenvalue weighted by atomic mass is 32.2. The first-order valence-corrected chi connectivity index (χ1v) is 11.5. The van der Waals surface area contributed by atoms with Crippen LogP contribution in [0.1, 0.15) is 43.0 Å². The van der Waals surface area contributed by atoms with Gasteiger partial charge in [0.15, 0.2) is 6.10 Å². The van der Waals surface area contributed by atoms with Crippen LogP contribution in [0.3, 0.4) is 0 Å². The number of ether oxygens (including phenoxy) is 1. The van der Waals surface area contributed by atoms with E-state index >= 15 is 0 Å². The zero-order valence-corrected chi connectivity index (χ0v) is 18.7. The molecule has 1 N–H and O–H groups in total. The van der Waals surface area contributed by atoms with E-state index in [-0.39, 0.29) is 11.9 Å². The molecule has 2 atom stereocenters. The van der Waals surface area contributed by atoms with Crippen molar-refractivity contribution in [3.63, 3.8) is 0 Å². The summed E-state index contributed by atoms with van der Waals surface area (Å²) in [5.41, 5.74) is 3.93. The van der Waals surface area contributed by atoms with E-state index in [4.69, 9.17) is 4.74 Å². The van der Waals surface area contributed by atoms with Gasteiger partial charge in [0.25, 0.3) is 5.91 Å². The van der Waals surface area contributed by atoms with Gasteiger partial charge in [0.2, 0.25) is 10.0 Å². The van der Waals surface area contributed by atoms with Gasteiger partial charge in [-0.25, -0.2) is 8.42 Å². The molecule has 0 aliphatic heterocycles. The number of amides is 1. The Balaban J connectivity index is 2.06. The van der Waals surface area contributed by atoms with Gasteiger partial charge in [-0.3, -0.25) is 9.10 Å². The van der Waals surface area contributed by atoms with Crippen molar-refractivity contribution in [1.82, 2.24) is 5.32 Å². The molecule has 1 amide bonds. The number of anilines is 1. The van der Waals surface area contributed by atoms with E-state index in [9.17, 15) is 13.2 Å². The highest BCUT2D eigenvalue weighted by Crippen LogP contribution is 2.22.